The van der Waals surface area contributed by atoms with Crippen LogP contribution in [0.25, 0.3) is 0 Å². The van der Waals surface area contributed by atoms with Crippen LogP contribution in [0, 0.1) is 27.4 Å². The summed E-state index contributed by atoms with van der Waals surface area (Å²) in [6, 6.07) is 4.61. The van der Waals surface area contributed by atoms with Gasteiger partial charge in [-0.15, -0.1) is 0 Å². The highest BCUT2D eigenvalue weighted by Gasteiger charge is 2.42. The average Bonchev–Trinajstić information content (AvgIpc) is 2.59. The molecule has 0 saturated heterocycles. The van der Waals surface area contributed by atoms with Crippen molar-refractivity contribution in [2.24, 2.45) is 10.9 Å². The number of nitriles is 1. The van der Waals surface area contributed by atoms with Crippen LogP contribution in [0.15, 0.2) is 29.3 Å². The van der Waals surface area contributed by atoms with Gasteiger partial charge in [-0.25, -0.2) is 19.5 Å². The zero-order valence-electron chi connectivity index (χ0n) is 13.2. The van der Waals surface area contributed by atoms with Crippen LogP contribution >= 0.6 is 0 Å². The fraction of sp³-hybridized carbons (Fsp3) is 0.333. The Kier molecular flexibility index (Phi) is 5.41. The lowest BCUT2D eigenvalue weighted by atomic mass is 9.88. The first kappa shape index (κ1) is 18.0. The number of benzene rings is 1. The largest absolute Gasteiger partial charge is 0.395 e. The Labute approximate surface area is 142 Å². The lowest BCUT2D eigenvalue weighted by Gasteiger charge is -2.35. The average molecular weight is 345 g/mol. The molecule has 130 valence electrons. The highest BCUT2D eigenvalue weighted by Crippen LogP contribution is 2.35. The highest BCUT2D eigenvalue weighted by atomic mass is 16.6. The number of hydrogen-bond acceptors (Lipinski definition) is 6. The molecule has 0 fully saturated rings. The Morgan fingerprint density at radius 1 is 1.56 bits per heavy atom. The summed E-state index contributed by atoms with van der Waals surface area (Å²) in [5, 5.41) is 31.6. The minimum Gasteiger partial charge on any atom is -0.395 e. The molecule has 1 aliphatic heterocycles. The van der Waals surface area contributed by atoms with Gasteiger partial charge in [-0.2, -0.15) is 5.26 Å². The van der Waals surface area contributed by atoms with E-state index in [0.29, 0.717) is 0 Å². The van der Waals surface area contributed by atoms with Gasteiger partial charge in [0.1, 0.15) is 5.92 Å². The van der Waals surface area contributed by atoms with Gasteiger partial charge in [0.25, 0.3) is 5.69 Å². The smallest absolute Gasteiger partial charge is 0.352 e. The lowest BCUT2D eigenvalue weighted by molar-refractivity contribution is -0.385. The molecule has 1 heterocycles. The first-order valence-corrected chi connectivity index (χ1v) is 7.31. The van der Waals surface area contributed by atoms with E-state index in [0.717, 1.165) is 4.90 Å². The molecule has 0 radical (unpaired) electrons. The third-order valence-corrected chi connectivity index (χ3v) is 3.69. The number of amides is 4. The second-order valence-electron chi connectivity index (χ2n) is 5.27. The lowest BCUT2D eigenvalue weighted by Crippen LogP contribution is -2.51. The Morgan fingerprint density at radius 3 is 2.88 bits per heavy atom. The number of rotatable bonds is 4. The van der Waals surface area contributed by atoms with Crippen molar-refractivity contribution in [1.29, 1.82) is 5.26 Å². The van der Waals surface area contributed by atoms with Crippen LogP contribution in [0.5, 0.6) is 0 Å². The van der Waals surface area contributed by atoms with Gasteiger partial charge in [0, 0.05) is 24.4 Å². The summed E-state index contributed by atoms with van der Waals surface area (Å²) in [5.41, 5.74) is 0.259. The molecule has 0 aromatic heterocycles. The molecule has 0 spiro atoms. The number of nitrogens with one attached hydrogen (secondary N) is 1. The molecular formula is C15H15N5O5. The summed E-state index contributed by atoms with van der Waals surface area (Å²) in [5.74, 6) is -0.945. The first-order valence-electron chi connectivity index (χ1n) is 7.31. The predicted molar refractivity (Wildman–Crippen MR) is 85.8 cm³/mol. The Hall–Kier alpha value is -3.32. The summed E-state index contributed by atoms with van der Waals surface area (Å²) in [6.07, 6.45) is 0. The SMILES string of the molecule is CC1=NC(=O)N(C(=O)NCCO)C(c2cccc([N+](=O)[O-])c2)C1C#N. The molecule has 2 atom stereocenters. The minimum absolute atomic E-state index is 0.0931. The standard InChI is InChI=1S/C15H15N5O5/c1-9-12(8-16)13(10-3-2-4-11(7-10)20(24)25)19(15(23)18-9)14(22)17-5-6-21/h2-4,7,12-13,21H,5-6H2,1H3,(H,17,22). The number of urea groups is 2. The maximum atomic E-state index is 12.3. The van der Waals surface area contributed by atoms with Gasteiger partial charge in [-0.05, 0) is 12.5 Å². The van der Waals surface area contributed by atoms with Gasteiger partial charge in [-0.1, -0.05) is 12.1 Å². The van der Waals surface area contributed by atoms with Crippen molar-refractivity contribution < 1.29 is 19.6 Å². The number of nitro groups is 1. The number of carbonyl (C=O) groups is 2. The number of aliphatic hydroxyl groups is 1. The fourth-order valence-corrected chi connectivity index (χ4v) is 2.56. The molecule has 1 aliphatic rings. The molecule has 1 aromatic carbocycles. The van der Waals surface area contributed by atoms with Crippen molar-refractivity contribution in [3.05, 3.63) is 39.9 Å². The summed E-state index contributed by atoms with van der Waals surface area (Å²) >= 11 is 0. The zero-order chi connectivity index (χ0) is 18.6. The number of non-ortho nitro benzene ring substituents is 1. The number of nitro benzene ring substituents is 1. The van der Waals surface area contributed by atoms with Crippen LogP contribution < -0.4 is 5.32 Å². The quantitative estimate of drug-likeness (QED) is 0.621. The van der Waals surface area contributed by atoms with Crippen molar-refractivity contribution >= 4 is 23.5 Å². The van der Waals surface area contributed by atoms with E-state index in [9.17, 15) is 25.0 Å². The Balaban J connectivity index is 2.54. The minimum atomic E-state index is -1.06. The monoisotopic (exact) mass is 345 g/mol. The summed E-state index contributed by atoms with van der Waals surface area (Å²) < 4.78 is 0. The van der Waals surface area contributed by atoms with Crippen LogP contribution in [0.3, 0.4) is 0 Å². The molecule has 1 aromatic rings. The van der Waals surface area contributed by atoms with Crippen molar-refractivity contribution in [3.63, 3.8) is 0 Å². The van der Waals surface area contributed by atoms with E-state index < -0.39 is 28.9 Å². The van der Waals surface area contributed by atoms with E-state index in [2.05, 4.69) is 10.3 Å². The van der Waals surface area contributed by atoms with Crippen LogP contribution in [-0.4, -0.2) is 45.9 Å². The summed E-state index contributed by atoms with van der Waals surface area (Å²) in [4.78, 5) is 39.4. The van der Waals surface area contributed by atoms with Gasteiger partial charge in [0.05, 0.1) is 23.6 Å². The van der Waals surface area contributed by atoms with Gasteiger partial charge in [-0.3, -0.25) is 10.1 Å². The van der Waals surface area contributed by atoms with E-state index in [1.807, 2.05) is 6.07 Å². The second kappa shape index (κ2) is 7.50. The molecule has 4 amide bonds. The molecule has 2 rings (SSSR count). The van der Waals surface area contributed by atoms with Gasteiger partial charge >= 0.3 is 12.1 Å². The van der Waals surface area contributed by atoms with Crippen LogP contribution in [0.4, 0.5) is 15.3 Å². The molecule has 25 heavy (non-hydrogen) atoms. The molecule has 10 heteroatoms. The van der Waals surface area contributed by atoms with Crippen LogP contribution in [-0.2, 0) is 0 Å². The van der Waals surface area contributed by atoms with Crippen LogP contribution in [0.1, 0.15) is 18.5 Å². The van der Waals surface area contributed by atoms with Crippen molar-refractivity contribution in [2.75, 3.05) is 13.2 Å². The van der Waals surface area contributed by atoms with Gasteiger partial charge in [0.2, 0.25) is 0 Å². The number of hydrogen-bond donors (Lipinski definition) is 2. The van der Waals surface area contributed by atoms with E-state index in [4.69, 9.17) is 5.11 Å². The second-order valence-corrected chi connectivity index (χ2v) is 5.27. The fourth-order valence-electron chi connectivity index (χ4n) is 2.56. The van der Waals surface area contributed by atoms with E-state index in [-0.39, 0.29) is 30.1 Å². The summed E-state index contributed by atoms with van der Waals surface area (Å²) in [6.45, 7) is 1.06. The van der Waals surface area contributed by atoms with E-state index in [1.165, 1.54) is 31.2 Å². The number of carbonyl (C=O) groups excluding carboxylic acids is 2. The van der Waals surface area contributed by atoms with Crippen molar-refractivity contribution in [2.45, 2.75) is 13.0 Å². The third kappa shape index (κ3) is 3.61. The number of aliphatic hydroxyl groups excluding tert-OH is 1. The highest BCUT2D eigenvalue weighted by molar-refractivity contribution is 6.05. The first-order chi connectivity index (χ1) is 11.9. The topological polar surface area (TPSA) is 149 Å². The van der Waals surface area contributed by atoms with E-state index in [1.54, 1.807) is 0 Å². The maximum Gasteiger partial charge on any atom is 0.352 e. The van der Waals surface area contributed by atoms with E-state index >= 15 is 0 Å². The molecular weight excluding hydrogens is 330 g/mol. The predicted octanol–water partition coefficient (Wildman–Crippen LogP) is 1.37. The maximum absolute atomic E-state index is 12.3. The summed E-state index contributed by atoms with van der Waals surface area (Å²) in [7, 11) is 0. The zero-order valence-corrected chi connectivity index (χ0v) is 13.2. The van der Waals surface area contributed by atoms with Crippen LogP contribution in [0.2, 0.25) is 0 Å². The van der Waals surface area contributed by atoms with Gasteiger partial charge < -0.3 is 10.4 Å². The molecule has 0 bridgehead atoms. The molecule has 10 nitrogen and oxygen atoms in total. The Morgan fingerprint density at radius 2 is 2.28 bits per heavy atom. The Bertz CT molecular complexity index is 785. The van der Waals surface area contributed by atoms with Gasteiger partial charge in [0.15, 0.2) is 0 Å². The third-order valence-electron chi connectivity index (χ3n) is 3.69. The number of imide groups is 1. The number of aliphatic imine (C=N–C) groups is 1. The molecule has 0 saturated carbocycles. The van der Waals surface area contributed by atoms with Crippen molar-refractivity contribution in [3.8, 4) is 6.07 Å². The van der Waals surface area contributed by atoms with Crippen molar-refractivity contribution in [1.82, 2.24) is 10.2 Å². The number of nitrogens with zero attached hydrogens (tertiary/aromatic N) is 4. The molecule has 2 N–H and O–H groups in total. The normalized spacial score (nSPS) is 19.8. The molecule has 0 aliphatic carbocycles. The molecule has 2 unspecified atom stereocenters.